The van der Waals surface area contributed by atoms with E-state index in [4.69, 9.17) is 0 Å². The van der Waals surface area contributed by atoms with Crippen LogP contribution in [-0.4, -0.2) is 15.3 Å². The maximum atomic E-state index is 13.3. The Morgan fingerprint density at radius 1 is 0.938 bits per heavy atom. The van der Waals surface area contributed by atoms with Gasteiger partial charge in [0, 0.05) is 23.6 Å². The van der Waals surface area contributed by atoms with Crippen molar-refractivity contribution in [2.24, 2.45) is 5.41 Å². The molecule has 1 aliphatic carbocycles. The number of rotatable bonds is 3. The summed E-state index contributed by atoms with van der Waals surface area (Å²) in [4.78, 5) is 41.8. The average molecular weight is 428 g/mol. The van der Waals surface area contributed by atoms with Crippen LogP contribution in [0.2, 0.25) is 0 Å². The molecule has 2 heterocycles. The minimum atomic E-state index is -0.516. The number of nitrogens with one attached hydrogen (secondary N) is 2. The lowest BCUT2D eigenvalue weighted by Gasteiger charge is -2.39. The number of benzene rings is 2. The van der Waals surface area contributed by atoms with E-state index in [0.29, 0.717) is 36.3 Å². The van der Waals surface area contributed by atoms with Crippen LogP contribution in [0.3, 0.4) is 0 Å². The smallest absolute Gasteiger partial charge is 0.330 e. The summed E-state index contributed by atoms with van der Waals surface area (Å²) in [6.07, 6.45) is 1.09. The molecular weight excluding hydrogens is 402 g/mol. The molecule has 2 aromatic carbocycles. The number of carbonyl (C=O) groups excluding carboxylic acids is 1. The zero-order chi connectivity index (χ0) is 22.5. The van der Waals surface area contributed by atoms with Crippen molar-refractivity contribution in [2.45, 2.75) is 39.2 Å². The summed E-state index contributed by atoms with van der Waals surface area (Å²) in [5.41, 5.74) is 2.54. The van der Waals surface area contributed by atoms with Gasteiger partial charge in [-0.15, -0.1) is 0 Å². The molecule has 2 aliphatic rings. The molecule has 1 aliphatic heterocycles. The largest absolute Gasteiger partial charge is 0.344 e. The van der Waals surface area contributed by atoms with Crippen LogP contribution in [0.1, 0.15) is 49.3 Å². The Balaban J connectivity index is 1.77. The van der Waals surface area contributed by atoms with E-state index in [9.17, 15) is 14.4 Å². The van der Waals surface area contributed by atoms with E-state index in [1.807, 2.05) is 60.7 Å². The highest BCUT2D eigenvalue weighted by molar-refractivity contribution is 6.01. The number of hydrogen-bond acceptors (Lipinski definition) is 4. The third-order valence-electron chi connectivity index (χ3n) is 6.32. The molecule has 6 heteroatoms. The van der Waals surface area contributed by atoms with Crippen molar-refractivity contribution in [3.05, 3.63) is 109 Å². The standard InChI is InChI=1S/C26H25N3O3/c1-26(2)13-18-21(19(30)14-26)20(17-11-7-4-8-12-17)22-23(27-18)29(25(32)28-24(22)31)15-16-9-5-3-6-10-16/h3-12,20,27H,13-15H2,1-2H3,(H,28,31,32)/t20-/m0/s1. The molecule has 5 rings (SSSR count). The van der Waals surface area contributed by atoms with E-state index in [1.54, 1.807) is 4.57 Å². The highest BCUT2D eigenvalue weighted by Gasteiger charge is 2.42. The zero-order valence-corrected chi connectivity index (χ0v) is 18.1. The molecule has 0 spiro atoms. The van der Waals surface area contributed by atoms with E-state index >= 15 is 0 Å². The highest BCUT2D eigenvalue weighted by Crippen LogP contribution is 2.47. The Kier molecular flexibility index (Phi) is 4.73. The van der Waals surface area contributed by atoms with Crippen molar-refractivity contribution in [2.75, 3.05) is 5.32 Å². The summed E-state index contributed by atoms with van der Waals surface area (Å²) < 4.78 is 1.57. The Labute approximate surface area is 185 Å². The van der Waals surface area contributed by atoms with E-state index < -0.39 is 17.2 Å². The van der Waals surface area contributed by atoms with Gasteiger partial charge in [0.25, 0.3) is 5.56 Å². The van der Waals surface area contributed by atoms with Crippen molar-refractivity contribution in [3.8, 4) is 0 Å². The van der Waals surface area contributed by atoms with E-state index in [1.165, 1.54) is 0 Å². The van der Waals surface area contributed by atoms with Gasteiger partial charge < -0.3 is 5.32 Å². The molecule has 0 bridgehead atoms. The van der Waals surface area contributed by atoms with Crippen molar-refractivity contribution in [1.29, 1.82) is 0 Å². The number of aromatic amines is 1. The number of fused-ring (bicyclic) bond motifs is 1. The Morgan fingerprint density at radius 2 is 1.59 bits per heavy atom. The number of anilines is 1. The predicted molar refractivity (Wildman–Crippen MR) is 124 cm³/mol. The SMILES string of the molecule is CC1(C)CC(=O)C2=C(C1)Nc1c(c(=O)[nH]c(=O)n1Cc1ccccc1)[C@H]2c1ccccc1. The molecule has 162 valence electrons. The summed E-state index contributed by atoms with van der Waals surface area (Å²) in [6.45, 7) is 4.45. The molecule has 0 unspecified atom stereocenters. The molecule has 2 N–H and O–H groups in total. The zero-order valence-electron chi connectivity index (χ0n) is 18.1. The van der Waals surface area contributed by atoms with Crippen LogP contribution >= 0.6 is 0 Å². The van der Waals surface area contributed by atoms with Crippen LogP contribution in [0.15, 0.2) is 81.5 Å². The third kappa shape index (κ3) is 3.42. The fourth-order valence-corrected chi connectivity index (χ4v) is 4.95. The maximum Gasteiger partial charge on any atom is 0.330 e. The van der Waals surface area contributed by atoms with Gasteiger partial charge in [-0.2, -0.15) is 0 Å². The van der Waals surface area contributed by atoms with Gasteiger partial charge in [-0.25, -0.2) is 4.79 Å². The van der Waals surface area contributed by atoms with Crippen molar-refractivity contribution in [1.82, 2.24) is 9.55 Å². The number of Topliss-reactive ketones (excluding diaryl/α,β-unsaturated/α-hetero) is 1. The summed E-state index contributed by atoms with van der Waals surface area (Å²) >= 11 is 0. The third-order valence-corrected chi connectivity index (χ3v) is 6.32. The summed E-state index contributed by atoms with van der Waals surface area (Å²) in [7, 11) is 0. The lowest BCUT2D eigenvalue weighted by atomic mass is 9.69. The molecule has 1 aromatic heterocycles. The topological polar surface area (TPSA) is 84.0 Å². The van der Waals surface area contributed by atoms with Crippen LogP contribution in [0.25, 0.3) is 0 Å². The first-order chi connectivity index (χ1) is 15.3. The summed E-state index contributed by atoms with van der Waals surface area (Å²) in [5.74, 6) is 0.00147. The quantitative estimate of drug-likeness (QED) is 0.666. The number of allylic oxidation sites excluding steroid dienone is 2. The van der Waals surface area contributed by atoms with Crippen LogP contribution in [0.4, 0.5) is 5.82 Å². The molecule has 3 aromatic rings. The van der Waals surface area contributed by atoms with Crippen molar-refractivity contribution >= 4 is 11.6 Å². The van der Waals surface area contributed by atoms with E-state index in [2.05, 4.69) is 24.1 Å². The normalized spacial score (nSPS) is 19.2. The van der Waals surface area contributed by atoms with Gasteiger partial charge in [-0.1, -0.05) is 74.5 Å². The number of nitrogens with zero attached hydrogens (tertiary/aromatic N) is 1. The molecule has 32 heavy (non-hydrogen) atoms. The van der Waals surface area contributed by atoms with Crippen LogP contribution in [0.5, 0.6) is 0 Å². The maximum absolute atomic E-state index is 13.3. The van der Waals surface area contributed by atoms with Gasteiger partial charge in [-0.05, 0) is 23.0 Å². The fraction of sp³-hybridized carbons (Fsp3) is 0.269. The number of carbonyl (C=O) groups is 1. The van der Waals surface area contributed by atoms with Gasteiger partial charge in [0.05, 0.1) is 12.1 Å². The number of hydrogen-bond donors (Lipinski definition) is 2. The number of H-pyrrole nitrogens is 1. The van der Waals surface area contributed by atoms with Gasteiger partial charge in [-0.3, -0.25) is 19.1 Å². The van der Waals surface area contributed by atoms with Crippen LogP contribution in [-0.2, 0) is 11.3 Å². The summed E-state index contributed by atoms with van der Waals surface area (Å²) in [6, 6.07) is 19.2. The lowest BCUT2D eigenvalue weighted by Crippen LogP contribution is -2.42. The predicted octanol–water partition coefficient (Wildman–Crippen LogP) is 3.79. The van der Waals surface area contributed by atoms with E-state index in [-0.39, 0.29) is 11.2 Å². The van der Waals surface area contributed by atoms with Crippen LogP contribution < -0.4 is 16.6 Å². The Hall–Kier alpha value is -3.67. The van der Waals surface area contributed by atoms with Gasteiger partial charge in [0.2, 0.25) is 0 Å². The molecule has 0 saturated heterocycles. The molecule has 1 atom stereocenters. The minimum absolute atomic E-state index is 0.0449. The number of ketones is 1. The Bertz CT molecular complexity index is 1350. The lowest BCUT2D eigenvalue weighted by molar-refractivity contribution is -0.118. The van der Waals surface area contributed by atoms with Crippen molar-refractivity contribution < 1.29 is 4.79 Å². The second-order valence-electron chi connectivity index (χ2n) is 9.40. The average Bonchev–Trinajstić information content (AvgIpc) is 2.75. The fourth-order valence-electron chi connectivity index (χ4n) is 4.95. The van der Waals surface area contributed by atoms with Crippen molar-refractivity contribution in [3.63, 3.8) is 0 Å². The van der Waals surface area contributed by atoms with Gasteiger partial charge in [0.1, 0.15) is 5.82 Å². The second-order valence-corrected chi connectivity index (χ2v) is 9.40. The van der Waals surface area contributed by atoms with Gasteiger partial charge in [0.15, 0.2) is 5.78 Å². The van der Waals surface area contributed by atoms with Gasteiger partial charge >= 0.3 is 5.69 Å². The molecule has 0 saturated carbocycles. The second kappa shape index (κ2) is 7.48. The Morgan fingerprint density at radius 3 is 2.28 bits per heavy atom. The monoisotopic (exact) mass is 427 g/mol. The molecular formula is C26H25N3O3. The van der Waals surface area contributed by atoms with E-state index in [0.717, 1.165) is 16.8 Å². The first-order valence-corrected chi connectivity index (χ1v) is 10.8. The minimum Gasteiger partial charge on any atom is -0.344 e. The highest BCUT2D eigenvalue weighted by atomic mass is 16.2. The first-order valence-electron chi connectivity index (χ1n) is 10.8. The molecule has 0 fully saturated rings. The molecule has 0 radical (unpaired) electrons. The number of aromatic nitrogens is 2. The molecule has 0 amide bonds. The summed E-state index contributed by atoms with van der Waals surface area (Å²) in [5, 5.41) is 3.36. The molecule has 6 nitrogen and oxygen atoms in total. The van der Waals surface area contributed by atoms with Crippen LogP contribution in [0, 0.1) is 5.41 Å². The first kappa shape index (κ1) is 20.2.